The van der Waals surface area contributed by atoms with E-state index in [0.29, 0.717) is 5.56 Å². The Kier molecular flexibility index (Phi) is 6.21. The van der Waals surface area contributed by atoms with Gasteiger partial charge in [0, 0.05) is 36.6 Å². The van der Waals surface area contributed by atoms with E-state index >= 15 is 0 Å². The molecule has 0 unspecified atom stereocenters. The molecule has 1 aliphatic heterocycles. The lowest BCUT2D eigenvalue weighted by molar-refractivity contribution is -0.171. The van der Waals surface area contributed by atoms with Crippen molar-refractivity contribution in [2.75, 3.05) is 0 Å². The third kappa shape index (κ3) is 4.67. The van der Waals surface area contributed by atoms with E-state index in [-0.39, 0.29) is 23.6 Å². The summed E-state index contributed by atoms with van der Waals surface area (Å²) in [6.45, 7) is -0.237. The zero-order valence-corrected chi connectivity index (χ0v) is 17.5. The number of halogens is 8. The number of carbonyl (C=O) groups is 2. The molecule has 0 spiro atoms. The summed E-state index contributed by atoms with van der Waals surface area (Å²) in [6.07, 6.45) is -9.67. The Morgan fingerprint density at radius 3 is 2.54 bits per heavy atom. The van der Waals surface area contributed by atoms with Crippen LogP contribution >= 0.6 is 0 Å². The van der Waals surface area contributed by atoms with Crippen LogP contribution < -0.4 is 5.32 Å². The first-order chi connectivity index (χ1) is 16.3. The predicted molar refractivity (Wildman–Crippen MR) is 100 cm³/mol. The summed E-state index contributed by atoms with van der Waals surface area (Å²) < 4.78 is 111. The number of carbonyl (C=O) groups excluding carboxylic acids is 2. The molecule has 0 bridgehead atoms. The fourth-order valence-electron chi connectivity index (χ4n) is 4.13. The van der Waals surface area contributed by atoms with E-state index < -0.39 is 73.7 Å². The van der Waals surface area contributed by atoms with Gasteiger partial charge in [-0.05, 0) is 24.1 Å². The van der Waals surface area contributed by atoms with Crippen LogP contribution in [0.3, 0.4) is 0 Å². The second-order valence-corrected chi connectivity index (χ2v) is 8.22. The van der Waals surface area contributed by atoms with Gasteiger partial charge in [0.2, 0.25) is 11.8 Å². The highest BCUT2D eigenvalue weighted by atomic mass is 19.3. The Hall–Kier alpha value is -3.26. The van der Waals surface area contributed by atoms with Gasteiger partial charge in [0.05, 0.1) is 6.04 Å². The van der Waals surface area contributed by atoms with Crippen LogP contribution in [0.2, 0.25) is 0 Å². The smallest absolute Gasteiger partial charge is 0.383 e. The van der Waals surface area contributed by atoms with E-state index in [1.54, 1.807) is 5.32 Å². The van der Waals surface area contributed by atoms with Gasteiger partial charge in [-0.25, -0.2) is 17.6 Å². The van der Waals surface area contributed by atoms with Crippen molar-refractivity contribution >= 4 is 11.8 Å². The van der Waals surface area contributed by atoms with Crippen LogP contribution in [0.4, 0.5) is 35.1 Å². The first-order valence-corrected chi connectivity index (χ1v) is 10.2. The van der Waals surface area contributed by atoms with Crippen molar-refractivity contribution in [3.05, 3.63) is 35.2 Å². The van der Waals surface area contributed by atoms with Gasteiger partial charge in [-0.15, -0.1) is 10.2 Å². The van der Waals surface area contributed by atoms with E-state index in [9.17, 15) is 44.7 Å². The molecule has 2 atom stereocenters. The number of aromatic nitrogens is 2. The molecule has 1 fully saturated rings. The quantitative estimate of drug-likeness (QED) is 0.587. The molecule has 1 aromatic carbocycles. The van der Waals surface area contributed by atoms with Gasteiger partial charge in [-0.1, -0.05) is 6.07 Å². The first kappa shape index (κ1) is 24.9. The van der Waals surface area contributed by atoms with Crippen molar-refractivity contribution in [1.29, 1.82) is 0 Å². The molecular weight excluding hydrogens is 496 g/mol. The molecule has 1 N–H and O–H groups in total. The number of fused-ring (bicyclic) bond motifs is 1. The van der Waals surface area contributed by atoms with Crippen LogP contribution in [0.5, 0.6) is 0 Å². The van der Waals surface area contributed by atoms with Gasteiger partial charge in [0.1, 0.15) is 0 Å². The second kappa shape index (κ2) is 8.75. The Morgan fingerprint density at radius 1 is 1.20 bits per heavy atom. The van der Waals surface area contributed by atoms with Crippen molar-refractivity contribution in [2.45, 2.75) is 62.6 Å². The largest absolute Gasteiger partial charge is 0.415 e. The third-order valence-electron chi connectivity index (χ3n) is 5.90. The first-order valence-electron chi connectivity index (χ1n) is 10.2. The highest BCUT2D eigenvalue weighted by Crippen LogP contribution is 2.40. The molecule has 0 saturated heterocycles. The molecule has 1 aliphatic carbocycles. The molecule has 0 radical (unpaired) electrons. The fraction of sp³-hybridized carbons (Fsp3) is 0.500. The Balaban J connectivity index is 1.59. The highest BCUT2D eigenvalue weighted by Gasteiger charge is 2.52. The summed E-state index contributed by atoms with van der Waals surface area (Å²) in [7, 11) is 0. The number of nitrogens with zero attached hydrogens (tertiary/aromatic N) is 3. The van der Waals surface area contributed by atoms with E-state index in [0.717, 1.165) is 4.90 Å². The molecule has 2 amide bonds. The minimum absolute atomic E-state index is 0.0174. The van der Waals surface area contributed by atoms with Gasteiger partial charge in [-0.3, -0.25) is 9.59 Å². The molecule has 1 saturated carbocycles. The number of alkyl halides is 8. The fourth-order valence-corrected chi connectivity index (χ4v) is 4.13. The van der Waals surface area contributed by atoms with E-state index in [1.807, 2.05) is 0 Å². The molecule has 190 valence electrons. The molecule has 2 aromatic rings. The van der Waals surface area contributed by atoms with Gasteiger partial charge in [0.25, 0.3) is 17.7 Å². The lowest BCUT2D eigenvalue weighted by Gasteiger charge is -2.41. The number of rotatable bonds is 6. The third-order valence-corrected chi connectivity index (χ3v) is 5.90. The molecule has 7 nitrogen and oxygen atoms in total. The summed E-state index contributed by atoms with van der Waals surface area (Å²) in [5.41, 5.74) is 0.411. The minimum atomic E-state index is -5.04. The van der Waals surface area contributed by atoms with Crippen molar-refractivity contribution in [3.63, 3.8) is 0 Å². The topological polar surface area (TPSA) is 88.3 Å². The molecule has 2 heterocycles. The zero-order chi connectivity index (χ0) is 25.7. The molecule has 4 rings (SSSR count). The molecular formula is C20H16F8N4O3. The van der Waals surface area contributed by atoms with Gasteiger partial charge < -0.3 is 14.6 Å². The van der Waals surface area contributed by atoms with Crippen molar-refractivity contribution in [1.82, 2.24) is 20.4 Å². The Morgan fingerprint density at radius 2 is 1.91 bits per heavy atom. The predicted octanol–water partition coefficient (Wildman–Crippen LogP) is 4.20. The minimum Gasteiger partial charge on any atom is -0.415 e. The number of hydrogen-bond acceptors (Lipinski definition) is 5. The summed E-state index contributed by atoms with van der Waals surface area (Å²) >= 11 is 0. The monoisotopic (exact) mass is 512 g/mol. The van der Waals surface area contributed by atoms with Crippen molar-refractivity contribution in [2.24, 2.45) is 0 Å². The Bertz CT molecular complexity index is 1140. The van der Waals surface area contributed by atoms with E-state index in [1.165, 1.54) is 18.2 Å². The van der Waals surface area contributed by atoms with Crippen LogP contribution in [0, 0.1) is 0 Å². The average molecular weight is 512 g/mol. The highest BCUT2D eigenvalue weighted by molar-refractivity contribution is 5.99. The van der Waals surface area contributed by atoms with E-state index in [2.05, 4.69) is 10.2 Å². The Labute approximate surface area is 191 Å². The van der Waals surface area contributed by atoms with Crippen LogP contribution in [0.15, 0.2) is 22.6 Å². The zero-order valence-electron chi connectivity index (χ0n) is 17.5. The van der Waals surface area contributed by atoms with Gasteiger partial charge in [0.15, 0.2) is 0 Å². The summed E-state index contributed by atoms with van der Waals surface area (Å²) in [5, 5.41) is 8.35. The normalized spacial score (nSPS) is 22.1. The maximum atomic E-state index is 14.2. The van der Waals surface area contributed by atoms with Crippen molar-refractivity contribution in [3.8, 4) is 11.5 Å². The van der Waals surface area contributed by atoms with Crippen LogP contribution in [0.1, 0.15) is 47.5 Å². The van der Waals surface area contributed by atoms with E-state index in [4.69, 9.17) is 4.42 Å². The average Bonchev–Trinajstić information content (AvgIpc) is 3.40. The van der Waals surface area contributed by atoms with Gasteiger partial charge >= 0.3 is 18.8 Å². The number of benzene rings is 1. The number of amides is 2. The SMILES string of the molecule is O=C1c2cc(-c3nnc(C(F)F)o3)ccc2CN1[C@@H]1CC(F)(F)CC[C@H]1NC(=O)C(F)(F)C(F)F. The van der Waals surface area contributed by atoms with Gasteiger partial charge in [-0.2, -0.15) is 17.6 Å². The lowest BCUT2D eigenvalue weighted by atomic mass is 9.86. The second-order valence-electron chi connectivity index (χ2n) is 8.22. The number of hydrogen-bond donors (Lipinski definition) is 1. The lowest BCUT2D eigenvalue weighted by Crippen LogP contribution is -2.59. The summed E-state index contributed by atoms with van der Waals surface area (Å²) in [5.74, 6) is -12.7. The van der Waals surface area contributed by atoms with Crippen LogP contribution in [-0.4, -0.2) is 57.3 Å². The molecule has 2 aliphatic rings. The van der Waals surface area contributed by atoms with Crippen LogP contribution in [-0.2, 0) is 11.3 Å². The maximum Gasteiger partial charge on any atom is 0.383 e. The number of nitrogens with one attached hydrogen (secondary N) is 1. The summed E-state index contributed by atoms with van der Waals surface area (Å²) in [6, 6.07) is 1.08. The molecule has 35 heavy (non-hydrogen) atoms. The molecule has 15 heteroatoms. The van der Waals surface area contributed by atoms with Crippen LogP contribution in [0.25, 0.3) is 11.5 Å². The maximum absolute atomic E-state index is 14.2. The standard InChI is InChI=1S/C20H16F8N4O3/c21-13(22)15-31-30-14(35-15)8-1-2-9-7-32(16(33)10(9)5-8)12-6-19(25,26)4-3-11(12)29-18(34)20(27,28)17(23)24/h1-2,5,11-13,17H,3-4,6-7H2,(H,29,34)/t11-,12-/m1/s1. The molecule has 1 aromatic heterocycles. The van der Waals surface area contributed by atoms with Crippen molar-refractivity contribution < 1.29 is 49.1 Å². The summed E-state index contributed by atoms with van der Waals surface area (Å²) in [4.78, 5) is 25.7.